The number of carbonyl (C=O) groups is 3. The molecule has 12 bridgehead atoms. The second-order valence-electron chi connectivity index (χ2n) is 37.1. The number of fused-ring (bicyclic) bond motifs is 15. The molecule has 9 aromatic carbocycles. The first-order valence-corrected chi connectivity index (χ1v) is 39.0. The second-order valence-corrected chi connectivity index (χ2v) is 37.1. The van der Waals surface area contributed by atoms with Gasteiger partial charge in [-0.3, -0.25) is 29.1 Å². The van der Waals surface area contributed by atoms with Crippen LogP contribution in [0.5, 0.6) is 51.7 Å². The number of aromatic hydroxyl groups is 9. The van der Waals surface area contributed by atoms with Gasteiger partial charge in [-0.25, -0.2) is 0 Å². The second kappa shape index (κ2) is 33.1. The fourth-order valence-electron chi connectivity index (χ4n) is 14.9. The summed E-state index contributed by atoms with van der Waals surface area (Å²) in [6.45, 7) is 35.5. The number of hydrogen-bond acceptors (Lipinski definition) is 18. The molecule has 18 heteroatoms. The molecule has 0 aromatic heterocycles. The first kappa shape index (κ1) is 85.9. The maximum atomic E-state index is 15.0. The van der Waals surface area contributed by atoms with Gasteiger partial charge in [0.1, 0.15) is 69.9 Å². The third-order valence-corrected chi connectivity index (χ3v) is 22.3. The van der Waals surface area contributed by atoms with Crippen LogP contribution >= 0.6 is 0 Å². The van der Waals surface area contributed by atoms with Gasteiger partial charge in [0.2, 0.25) is 0 Å². The van der Waals surface area contributed by atoms with Crippen LogP contribution in [0.2, 0.25) is 0 Å². The Hall–Kier alpha value is -10.5. The van der Waals surface area contributed by atoms with Gasteiger partial charge in [-0.05, 0) is 175 Å². The van der Waals surface area contributed by atoms with Crippen LogP contribution in [0.1, 0.15) is 208 Å². The molecule has 1 heterocycles. The van der Waals surface area contributed by atoms with Crippen LogP contribution in [0, 0.1) is 0 Å². The van der Waals surface area contributed by atoms with E-state index in [4.69, 9.17) is 14.2 Å². The Balaban J connectivity index is 1.38. The van der Waals surface area contributed by atoms with Crippen LogP contribution in [0.4, 0.5) is 0 Å². The number of hydrogen-bond donors (Lipinski definition) is 9. The number of ether oxygens (including phenoxy) is 3. The van der Waals surface area contributed by atoms with E-state index >= 15 is 14.4 Å². The molecule has 1 aliphatic heterocycles. The molecule has 9 aromatic rings. The Labute approximate surface area is 672 Å². The number of nitrogens with zero attached hydrogens (tertiary/aromatic N) is 3. The van der Waals surface area contributed by atoms with E-state index in [9.17, 15) is 46.0 Å². The molecule has 114 heavy (non-hydrogen) atoms. The van der Waals surface area contributed by atoms with Gasteiger partial charge in [0.05, 0.1) is 21.3 Å². The zero-order chi connectivity index (χ0) is 84.0. The lowest BCUT2D eigenvalue weighted by atomic mass is 9.80. The van der Waals surface area contributed by atoms with Crippen molar-refractivity contribution in [2.45, 2.75) is 234 Å². The summed E-state index contributed by atoms with van der Waals surface area (Å²) in [6, 6.07) is 38.4. The van der Waals surface area contributed by atoms with E-state index in [1.54, 1.807) is 36.4 Å². The predicted octanol–water partition coefficient (Wildman–Crippen LogP) is 18.5. The highest BCUT2D eigenvalue weighted by molar-refractivity contribution is 5.84. The normalized spacial score (nSPS) is 14.8. The minimum atomic E-state index is -1.16. The monoisotopic (exact) mass is 1550 g/mol. The fourth-order valence-corrected chi connectivity index (χ4v) is 14.9. The molecule has 1 aliphatic rings. The summed E-state index contributed by atoms with van der Waals surface area (Å²) < 4.78 is 17.2. The minimum Gasteiger partial charge on any atom is -0.508 e. The van der Waals surface area contributed by atoms with Crippen LogP contribution in [-0.2, 0) is 120 Å². The van der Waals surface area contributed by atoms with E-state index in [1.165, 1.54) is 57.7 Å². The Morgan fingerprint density at radius 2 is 0.421 bits per heavy atom. The zero-order valence-electron chi connectivity index (χ0n) is 70.3. The van der Waals surface area contributed by atoms with Gasteiger partial charge in [-0.2, -0.15) is 0 Å². The van der Waals surface area contributed by atoms with Gasteiger partial charge >= 0.3 is 17.9 Å². The molecule has 0 saturated heterocycles. The summed E-state index contributed by atoms with van der Waals surface area (Å²) in [5.74, 6) is -3.36. The molecular formula is C96H117N3O15. The summed E-state index contributed by atoms with van der Waals surface area (Å²) in [7, 11) is 3.89. The third-order valence-electron chi connectivity index (χ3n) is 22.3. The number of esters is 3. The molecule has 10 rings (SSSR count). The van der Waals surface area contributed by atoms with Crippen LogP contribution < -0.4 is 0 Å². The highest BCUT2D eigenvalue weighted by atomic mass is 16.5. The maximum absolute atomic E-state index is 15.0. The third kappa shape index (κ3) is 19.5. The van der Waals surface area contributed by atoms with Gasteiger partial charge in [0, 0.05) is 106 Å². The number of phenols is 9. The number of benzene rings is 9. The highest BCUT2D eigenvalue weighted by Gasteiger charge is 2.38. The Morgan fingerprint density at radius 3 is 0.553 bits per heavy atom. The summed E-state index contributed by atoms with van der Waals surface area (Å²) in [5.41, 5.74) is 6.03. The Kier molecular flexibility index (Phi) is 25.0. The van der Waals surface area contributed by atoms with Crippen molar-refractivity contribution in [1.82, 2.24) is 14.7 Å². The smallest absolute Gasteiger partial charge is 0.323 e. The standard InChI is InChI=1S/C96H117N3O15/c1-91(2,3)64-37-58-49-97(79(88(109)112-19)34-55-22-28-70(100)29-23-55)50-60-39-66(93(7,8)9)45-75(84(60)105)76-46-68(95(13,14)15)41-62(86(76)107)53-99(81(90(111)114-21)36-57-26-32-72(102)33-27-57)54-63-42-69(96(16,17)18)48-78(87(63)108)77-47-67(94(10,11)12)40-61(85(77)106)52-98(80(89(110)113-20)35-56-24-30-71(101)31-25-56)51-59-38-65(92(4,5)6)44-74(83(59)104)73(43-64)82(58)103/h22-33,37-48,79-81,100-108H,34-36,49-54H2,1-21H3. The molecule has 18 nitrogen and oxygen atoms in total. The average Bonchev–Trinajstić information content (AvgIpc) is 0.780. The van der Waals surface area contributed by atoms with E-state index in [1.807, 2.05) is 212 Å². The first-order valence-electron chi connectivity index (χ1n) is 39.0. The summed E-state index contributed by atoms with van der Waals surface area (Å²) >= 11 is 0. The molecule has 3 atom stereocenters. The summed E-state index contributed by atoms with van der Waals surface area (Å²) in [6.07, 6.45) is 0.0609. The highest BCUT2D eigenvalue weighted by Crippen LogP contribution is 2.51. The van der Waals surface area contributed by atoms with Crippen LogP contribution in [-0.4, -0.2) is 118 Å². The van der Waals surface area contributed by atoms with Gasteiger partial charge in [-0.1, -0.05) is 197 Å². The molecule has 0 fully saturated rings. The number of methoxy groups -OCH3 is 3. The molecular weight excluding hydrogens is 1440 g/mol. The molecule has 9 N–H and O–H groups in total. The number of carbonyl (C=O) groups excluding carboxylic acids is 3. The zero-order valence-corrected chi connectivity index (χ0v) is 70.3. The molecule has 0 radical (unpaired) electrons. The van der Waals surface area contributed by atoms with Gasteiger partial charge in [0.15, 0.2) is 0 Å². The maximum Gasteiger partial charge on any atom is 0.323 e. The van der Waals surface area contributed by atoms with Crippen molar-refractivity contribution in [3.8, 4) is 85.1 Å². The van der Waals surface area contributed by atoms with Crippen LogP contribution in [0.25, 0.3) is 33.4 Å². The van der Waals surface area contributed by atoms with Crippen molar-refractivity contribution in [1.29, 1.82) is 0 Å². The van der Waals surface area contributed by atoms with E-state index in [2.05, 4.69) is 0 Å². The predicted molar refractivity (Wildman–Crippen MR) is 448 cm³/mol. The van der Waals surface area contributed by atoms with Crippen molar-refractivity contribution in [2.75, 3.05) is 21.3 Å². The Morgan fingerprint density at radius 1 is 0.272 bits per heavy atom. The van der Waals surface area contributed by atoms with Crippen molar-refractivity contribution < 1.29 is 74.6 Å². The summed E-state index contributed by atoms with van der Waals surface area (Å²) in [4.78, 5) is 50.6. The van der Waals surface area contributed by atoms with Gasteiger partial charge < -0.3 is 60.2 Å². The molecule has 0 aliphatic carbocycles. The van der Waals surface area contributed by atoms with Gasteiger partial charge in [-0.15, -0.1) is 0 Å². The quantitative estimate of drug-likeness (QED) is 0.0406. The van der Waals surface area contributed by atoms with E-state index < -0.39 is 68.5 Å². The van der Waals surface area contributed by atoms with Crippen molar-refractivity contribution in [2.24, 2.45) is 0 Å². The average molecular weight is 1550 g/mol. The molecule has 606 valence electrons. The van der Waals surface area contributed by atoms with E-state index in [-0.39, 0.29) is 144 Å². The minimum absolute atomic E-state index is 0.00861. The molecule has 0 amide bonds. The lowest BCUT2D eigenvalue weighted by Gasteiger charge is -2.33. The molecule has 0 saturated carbocycles. The van der Waals surface area contributed by atoms with Crippen molar-refractivity contribution in [3.05, 3.63) is 229 Å². The summed E-state index contributed by atoms with van der Waals surface area (Å²) in [5, 5.41) is 113. The number of phenolic OH excluding ortho intramolecular Hbond substituents is 9. The van der Waals surface area contributed by atoms with Gasteiger partial charge in [0.25, 0.3) is 0 Å². The topological polar surface area (TPSA) is 271 Å². The van der Waals surface area contributed by atoms with E-state index in [0.717, 1.165) is 33.4 Å². The lowest BCUT2D eigenvalue weighted by Crippen LogP contribution is -2.43. The van der Waals surface area contributed by atoms with Crippen LogP contribution in [0.3, 0.4) is 0 Å². The van der Waals surface area contributed by atoms with Crippen molar-refractivity contribution in [3.63, 3.8) is 0 Å². The lowest BCUT2D eigenvalue weighted by molar-refractivity contribution is -0.148. The molecule has 3 unspecified atom stereocenters. The van der Waals surface area contributed by atoms with E-state index in [0.29, 0.717) is 50.1 Å². The van der Waals surface area contributed by atoms with Crippen molar-refractivity contribution >= 4 is 17.9 Å². The Bertz CT molecular complexity index is 4320. The number of rotatable bonds is 12. The largest absolute Gasteiger partial charge is 0.508 e. The fraction of sp³-hybridized carbons (Fsp3) is 0.406. The van der Waals surface area contributed by atoms with Crippen LogP contribution in [0.15, 0.2) is 146 Å². The first-order chi connectivity index (χ1) is 53.1. The molecule has 0 spiro atoms. The SMILES string of the molecule is COC(=O)C(Cc1ccc(O)cc1)N1Cc2cc(C(C)(C)C)cc(c2O)-c2cc(C(C)(C)C)cc(c2O)CN(C(Cc2ccc(O)cc2)C(=O)OC)Cc2cc(C(C)(C)C)cc(c2O)-c2cc(C(C)(C)C)cc(c2O)CN(C(Cc2ccc(O)cc2)C(=O)OC)Cc2cc(C(C)(C)C)cc(c2O)-c2cc(C(C)(C)C)cc(c2O)C1.